The maximum atomic E-state index is 8.88. The van der Waals surface area contributed by atoms with Crippen molar-refractivity contribution in [2.75, 3.05) is 0 Å². The van der Waals surface area contributed by atoms with Crippen LogP contribution in [-0.2, 0) is 4.57 Å². The van der Waals surface area contributed by atoms with Crippen LogP contribution >= 0.6 is 7.82 Å². The van der Waals surface area contributed by atoms with Crippen LogP contribution in [0.15, 0.2) is 0 Å². The molecular formula is H7LiMgNaO4P. The molecule has 0 atom stereocenters. The molecule has 0 heterocycles. The maximum absolute atomic E-state index is 8.88. The van der Waals surface area contributed by atoms with E-state index in [2.05, 4.69) is 0 Å². The van der Waals surface area contributed by atoms with Crippen LogP contribution in [0.5, 0.6) is 0 Å². The number of hydrogen-bond acceptors (Lipinski definition) is 1. The average molecular weight is 156 g/mol. The minimum Gasteiger partial charge on any atom is -1.00 e. The second-order valence-electron chi connectivity index (χ2n) is 0.513. The number of hydrogen-bond donors (Lipinski definition) is 3. The molecule has 4 nitrogen and oxygen atoms in total. The normalized spacial score (nSPS) is 7.38. The third kappa shape index (κ3) is 77.4. The van der Waals surface area contributed by atoms with Crippen LogP contribution in [0.3, 0.4) is 0 Å². The van der Waals surface area contributed by atoms with Gasteiger partial charge in [0, 0.05) is 0 Å². The Kier molecular flexibility index (Phi) is 26.6. The summed E-state index contributed by atoms with van der Waals surface area (Å²) in [7, 11) is -4.64. The molecule has 0 bridgehead atoms. The molecule has 0 saturated carbocycles. The molecule has 0 aliphatic rings. The molecule has 0 aliphatic carbocycles. The van der Waals surface area contributed by atoms with Crippen molar-refractivity contribution in [3.05, 3.63) is 0 Å². The Morgan fingerprint density at radius 1 is 1.25 bits per heavy atom. The van der Waals surface area contributed by atoms with Gasteiger partial charge in [0.1, 0.15) is 0 Å². The van der Waals surface area contributed by atoms with Crippen molar-refractivity contribution < 1.29 is 73.4 Å². The summed E-state index contributed by atoms with van der Waals surface area (Å²) in [5, 5.41) is 0. The minimum absolute atomic E-state index is 0. The summed E-state index contributed by atoms with van der Waals surface area (Å²) < 4.78 is 8.88. The maximum Gasteiger partial charge on any atom is 2.00 e. The largest absolute Gasteiger partial charge is 2.00 e. The van der Waals surface area contributed by atoms with E-state index in [1.807, 2.05) is 0 Å². The summed E-state index contributed by atoms with van der Waals surface area (Å²) in [5.41, 5.74) is 0. The molecule has 8 heteroatoms. The molecule has 3 N–H and O–H groups in total. The van der Waals surface area contributed by atoms with Gasteiger partial charge in [0.2, 0.25) is 0 Å². The molecule has 0 saturated heterocycles. The Morgan fingerprint density at radius 3 is 1.25 bits per heavy atom. The summed E-state index contributed by atoms with van der Waals surface area (Å²) in [6.07, 6.45) is 0. The molecule has 40 valence electrons. The van der Waals surface area contributed by atoms with E-state index < -0.39 is 7.82 Å². The molecule has 0 spiro atoms. The Hall–Kier alpha value is 2.47. The van der Waals surface area contributed by atoms with Crippen LogP contribution in [-0.4, -0.2) is 37.7 Å². The SMILES string of the molecule is O=P(O)(O)O.[H-].[H-].[H-].[H-].[Li+].[Mg+2].[Na+]. The van der Waals surface area contributed by atoms with Crippen LogP contribution in [0.25, 0.3) is 0 Å². The molecule has 0 aromatic heterocycles. The number of phosphoric acid groups is 1. The average Bonchev–Trinajstić information content (AvgIpc) is 0.722. The summed E-state index contributed by atoms with van der Waals surface area (Å²) in [6.45, 7) is 0. The zero-order valence-electron chi connectivity index (χ0n) is 8.90. The molecule has 0 rings (SSSR count). The standard InChI is InChI=1S/Li.Mg.Na.H3O4P.4H/c;;;1-5(2,3)4;;;;/h;;;(H3,1,2,3,4);;;;/q+1;+2;+1;;4*-1. The Bertz CT molecular complexity index is 73.2. The Labute approximate surface area is 103 Å². The first-order valence-corrected chi connectivity index (χ1v) is 2.35. The molecule has 0 aliphatic heterocycles. The molecule has 0 radical (unpaired) electrons. The zero-order chi connectivity index (χ0) is 4.50. The van der Waals surface area contributed by atoms with Crippen LogP contribution in [0.1, 0.15) is 5.71 Å². The van der Waals surface area contributed by atoms with Crippen molar-refractivity contribution in [1.29, 1.82) is 0 Å². The summed E-state index contributed by atoms with van der Waals surface area (Å²) in [4.78, 5) is 21.6. The van der Waals surface area contributed by atoms with E-state index in [9.17, 15) is 0 Å². The van der Waals surface area contributed by atoms with Crippen LogP contribution in [0.2, 0.25) is 0 Å². The van der Waals surface area contributed by atoms with E-state index >= 15 is 0 Å². The van der Waals surface area contributed by atoms with Crippen molar-refractivity contribution >= 4 is 30.9 Å². The van der Waals surface area contributed by atoms with E-state index in [0.29, 0.717) is 0 Å². The van der Waals surface area contributed by atoms with Crippen LogP contribution < -0.4 is 48.4 Å². The van der Waals surface area contributed by atoms with Crippen molar-refractivity contribution in [3.8, 4) is 0 Å². The third-order valence-electron chi connectivity index (χ3n) is 0. The summed E-state index contributed by atoms with van der Waals surface area (Å²) in [6, 6.07) is 0. The van der Waals surface area contributed by atoms with Gasteiger partial charge in [-0.15, -0.1) is 0 Å². The van der Waals surface area contributed by atoms with Crippen molar-refractivity contribution in [1.82, 2.24) is 0 Å². The van der Waals surface area contributed by atoms with Gasteiger partial charge in [-0.25, -0.2) is 4.57 Å². The molecule has 0 amide bonds. The quantitative estimate of drug-likeness (QED) is 0.241. The Balaban J connectivity index is -0.00000000381. The number of rotatable bonds is 0. The van der Waals surface area contributed by atoms with Crippen LogP contribution in [0.4, 0.5) is 0 Å². The van der Waals surface area contributed by atoms with Gasteiger partial charge >= 0.3 is 79.3 Å². The topological polar surface area (TPSA) is 77.8 Å². The van der Waals surface area contributed by atoms with Crippen molar-refractivity contribution in [2.24, 2.45) is 0 Å². The molecule has 0 fully saturated rings. The van der Waals surface area contributed by atoms with E-state index in [-0.39, 0.29) is 77.2 Å². The monoisotopic (exact) mass is 156 g/mol. The molecule has 0 unspecified atom stereocenters. The van der Waals surface area contributed by atoms with Gasteiger partial charge in [-0.05, 0) is 0 Å². The van der Waals surface area contributed by atoms with E-state index in [0.717, 1.165) is 0 Å². The van der Waals surface area contributed by atoms with E-state index in [1.54, 1.807) is 0 Å². The van der Waals surface area contributed by atoms with Gasteiger partial charge in [0.15, 0.2) is 0 Å². The van der Waals surface area contributed by atoms with Gasteiger partial charge in [-0.1, -0.05) is 0 Å². The molecule has 8 heavy (non-hydrogen) atoms. The summed E-state index contributed by atoms with van der Waals surface area (Å²) in [5.74, 6) is 0. The smallest absolute Gasteiger partial charge is 1.00 e. The fourth-order valence-corrected chi connectivity index (χ4v) is 0. The first-order valence-electron chi connectivity index (χ1n) is 0.783. The fourth-order valence-electron chi connectivity index (χ4n) is 0. The van der Waals surface area contributed by atoms with Crippen molar-refractivity contribution in [3.63, 3.8) is 0 Å². The van der Waals surface area contributed by atoms with E-state index in [1.165, 1.54) is 0 Å². The van der Waals surface area contributed by atoms with Crippen molar-refractivity contribution in [2.45, 2.75) is 0 Å². The predicted molar refractivity (Wildman–Crippen MR) is 24.5 cm³/mol. The van der Waals surface area contributed by atoms with Gasteiger partial charge in [-0.2, -0.15) is 0 Å². The van der Waals surface area contributed by atoms with Gasteiger partial charge < -0.3 is 20.4 Å². The molecule has 0 aromatic rings. The van der Waals surface area contributed by atoms with Gasteiger partial charge in [-0.3, -0.25) is 0 Å². The first kappa shape index (κ1) is 22.4. The van der Waals surface area contributed by atoms with Gasteiger partial charge in [0.25, 0.3) is 0 Å². The van der Waals surface area contributed by atoms with Crippen LogP contribution in [0, 0.1) is 0 Å². The fraction of sp³-hybridized carbons (Fsp3) is 0. The third-order valence-corrected chi connectivity index (χ3v) is 0. The second kappa shape index (κ2) is 9.47. The Morgan fingerprint density at radius 2 is 1.25 bits per heavy atom. The second-order valence-corrected chi connectivity index (χ2v) is 1.54. The molecular weight excluding hydrogens is 149 g/mol. The van der Waals surface area contributed by atoms with E-state index in [4.69, 9.17) is 19.2 Å². The summed E-state index contributed by atoms with van der Waals surface area (Å²) >= 11 is 0. The first-order chi connectivity index (χ1) is 2.00. The predicted octanol–water partition coefficient (Wildman–Crippen LogP) is -6.85. The minimum atomic E-state index is -4.64. The zero-order valence-corrected chi connectivity index (χ0v) is 9.21. The molecule has 0 aromatic carbocycles. The van der Waals surface area contributed by atoms with Gasteiger partial charge in [0.05, 0.1) is 0 Å².